The number of benzene rings is 4. The standard InChI is InChI=1S/C32H33ClN2O5S/c1-22(19-31(36)39-3)34(20-23-9-5-8-12-28(23)33)29-17-18-30(27-11-7-6-10-26(27)29)35(21-32(37)40-4)41-25-15-13-24(38-2)14-16-25/h5-18,22H,19-21H2,1-4H3/t22-/m0/s1. The summed E-state index contributed by atoms with van der Waals surface area (Å²) in [5.74, 6) is 0.109. The lowest BCUT2D eigenvalue weighted by Gasteiger charge is -2.33. The van der Waals surface area contributed by atoms with E-state index in [0.717, 1.165) is 38.4 Å². The minimum Gasteiger partial charge on any atom is -0.497 e. The predicted octanol–water partition coefficient (Wildman–Crippen LogP) is 7.15. The minimum absolute atomic E-state index is 0.0403. The Morgan fingerprint density at radius 1 is 0.805 bits per heavy atom. The molecule has 4 aromatic carbocycles. The summed E-state index contributed by atoms with van der Waals surface area (Å²) >= 11 is 8.00. The van der Waals surface area contributed by atoms with Gasteiger partial charge in [0.2, 0.25) is 0 Å². The van der Waals surface area contributed by atoms with E-state index >= 15 is 0 Å². The molecule has 7 nitrogen and oxygen atoms in total. The van der Waals surface area contributed by atoms with Gasteiger partial charge < -0.3 is 23.4 Å². The van der Waals surface area contributed by atoms with E-state index in [0.29, 0.717) is 11.6 Å². The number of anilines is 2. The van der Waals surface area contributed by atoms with Crippen LogP contribution in [0.25, 0.3) is 10.8 Å². The molecule has 1 atom stereocenters. The number of methoxy groups -OCH3 is 3. The van der Waals surface area contributed by atoms with E-state index in [2.05, 4.69) is 4.90 Å². The van der Waals surface area contributed by atoms with Crippen LogP contribution in [0.3, 0.4) is 0 Å². The zero-order chi connectivity index (χ0) is 29.4. The molecule has 0 aliphatic carbocycles. The zero-order valence-electron chi connectivity index (χ0n) is 23.5. The minimum atomic E-state index is -0.355. The number of hydrogen-bond acceptors (Lipinski definition) is 8. The number of carbonyl (C=O) groups is 2. The highest BCUT2D eigenvalue weighted by Crippen LogP contribution is 2.40. The van der Waals surface area contributed by atoms with Gasteiger partial charge in [-0.15, -0.1) is 0 Å². The molecule has 9 heteroatoms. The lowest BCUT2D eigenvalue weighted by Crippen LogP contribution is -2.35. The molecule has 0 fully saturated rings. The fourth-order valence-electron chi connectivity index (χ4n) is 4.57. The van der Waals surface area contributed by atoms with Crippen molar-refractivity contribution in [2.24, 2.45) is 0 Å². The van der Waals surface area contributed by atoms with Crippen LogP contribution in [-0.4, -0.2) is 45.9 Å². The van der Waals surface area contributed by atoms with E-state index in [-0.39, 0.29) is 30.9 Å². The molecular weight excluding hydrogens is 560 g/mol. The Kier molecular flexibility index (Phi) is 10.4. The third-order valence-corrected chi connectivity index (χ3v) is 8.15. The van der Waals surface area contributed by atoms with Gasteiger partial charge in [0.25, 0.3) is 0 Å². The van der Waals surface area contributed by atoms with Crippen LogP contribution in [0.15, 0.2) is 89.8 Å². The SMILES string of the molecule is COC(=O)C[C@H](C)N(Cc1ccccc1Cl)c1ccc(N(CC(=O)OC)Sc2ccc(OC)cc2)c2ccccc12. The maximum absolute atomic E-state index is 12.5. The first kappa shape index (κ1) is 30.1. The number of nitrogens with zero attached hydrogens (tertiary/aromatic N) is 2. The van der Waals surface area contributed by atoms with Crippen molar-refractivity contribution < 1.29 is 23.8 Å². The van der Waals surface area contributed by atoms with Crippen LogP contribution in [0.1, 0.15) is 18.9 Å². The molecule has 214 valence electrons. The number of fused-ring (bicyclic) bond motifs is 1. The molecule has 0 radical (unpaired) electrons. The molecule has 0 spiro atoms. The maximum atomic E-state index is 12.5. The fourth-order valence-corrected chi connectivity index (χ4v) is 5.71. The largest absolute Gasteiger partial charge is 0.497 e. The van der Waals surface area contributed by atoms with Crippen molar-refractivity contribution >= 4 is 57.6 Å². The summed E-state index contributed by atoms with van der Waals surface area (Å²) in [7, 11) is 4.41. The van der Waals surface area contributed by atoms with Gasteiger partial charge in [0.15, 0.2) is 0 Å². The van der Waals surface area contributed by atoms with Crippen LogP contribution < -0.4 is 13.9 Å². The van der Waals surface area contributed by atoms with Gasteiger partial charge in [-0.3, -0.25) is 9.59 Å². The second-order valence-electron chi connectivity index (χ2n) is 9.38. The van der Waals surface area contributed by atoms with Crippen LogP contribution in [0, 0.1) is 0 Å². The molecule has 0 N–H and O–H groups in total. The molecule has 0 bridgehead atoms. The molecule has 4 rings (SSSR count). The summed E-state index contributed by atoms with van der Waals surface area (Å²) in [5.41, 5.74) is 2.74. The summed E-state index contributed by atoms with van der Waals surface area (Å²) in [5, 5.41) is 2.58. The van der Waals surface area contributed by atoms with E-state index in [1.54, 1.807) is 7.11 Å². The lowest BCUT2D eigenvalue weighted by molar-refractivity contribution is -0.141. The Bertz CT molecular complexity index is 1500. The summed E-state index contributed by atoms with van der Waals surface area (Å²) < 4.78 is 17.2. The number of hydrogen-bond donors (Lipinski definition) is 0. The van der Waals surface area contributed by atoms with E-state index in [4.69, 9.17) is 25.8 Å². The van der Waals surface area contributed by atoms with Crippen molar-refractivity contribution in [3.05, 3.63) is 95.5 Å². The van der Waals surface area contributed by atoms with Gasteiger partial charge >= 0.3 is 11.9 Å². The summed E-state index contributed by atoms with van der Waals surface area (Å²) in [6.07, 6.45) is 0.207. The number of ether oxygens (including phenoxy) is 3. The van der Waals surface area contributed by atoms with Crippen molar-refractivity contribution in [2.45, 2.75) is 30.8 Å². The Labute approximate surface area is 250 Å². The van der Waals surface area contributed by atoms with Crippen LogP contribution in [0.4, 0.5) is 11.4 Å². The average molecular weight is 593 g/mol. The van der Waals surface area contributed by atoms with Crippen LogP contribution >= 0.6 is 23.5 Å². The van der Waals surface area contributed by atoms with Crippen molar-refractivity contribution in [1.82, 2.24) is 0 Å². The molecule has 0 saturated carbocycles. The second-order valence-corrected chi connectivity index (χ2v) is 10.9. The highest BCUT2D eigenvalue weighted by atomic mass is 35.5. The molecule has 4 aromatic rings. The van der Waals surface area contributed by atoms with Gasteiger partial charge in [-0.05, 0) is 66.9 Å². The first-order valence-corrected chi connectivity index (χ1v) is 14.2. The molecule has 0 aromatic heterocycles. The van der Waals surface area contributed by atoms with Gasteiger partial charge in [0, 0.05) is 39.0 Å². The van der Waals surface area contributed by atoms with Gasteiger partial charge in [0.05, 0.1) is 33.4 Å². The van der Waals surface area contributed by atoms with E-state index < -0.39 is 0 Å². The Morgan fingerprint density at radius 3 is 2.05 bits per heavy atom. The van der Waals surface area contributed by atoms with Crippen molar-refractivity contribution in [1.29, 1.82) is 0 Å². The monoisotopic (exact) mass is 592 g/mol. The number of esters is 2. The third kappa shape index (κ3) is 7.45. The van der Waals surface area contributed by atoms with E-state index in [1.165, 1.54) is 26.2 Å². The Balaban J connectivity index is 1.80. The van der Waals surface area contributed by atoms with Crippen LogP contribution in [-0.2, 0) is 25.6 Å². The molecule has 0 heterocycles. The average Bonchev–Trinajstić information content (AvgIpc) is 3.00. The van der Waals surface area contributed by atoms with Crippen LogP contribution in [0.2, 0.25) is 5.02 Å². The predicted molar refractivity (Wildman–Crippen MR) is 166 cm³/mol. The molecule has 0 aliphatic rings. The van der Waals surface area contributed by atoms with E-state index in [9.17, 15) is 9.59 Å². The summed E-state index contributed by atoms with van der Waals surface area (Å²) in [4.78, 5) is 27.9. The Hall–Kier alpha value is -3.88. The van der Waals surface area contributed by atoms with Gasteiger partial charge in [-0.2, -0.15) is 0 Å². The van der Waals surface area contributed by atoms with Crippen LogP contribution in [0.5, 0.6) is 5.75 Å². The van der Waals surface area contributed by atoms with Crippen molar-refractivity contribution in [3.63, 3.8) is 0 Å². The normalized spacial score (nSPS) is 11.5. The van der Waals surface area contributed by atoms with Gasteiger partial charge in [-0.1, -0.05) is 54.1 Å². The van der Waals surface area contributed by atoms with Crippen molar-refractivity contribution in [3.8, 4) is 5.75 Å². The molecule has 0 amide bonds. The topological polar surface area (TPSA) is 68.3 Å². The molecule has 41 heavy (non-hydrogen) atoms. The maximum Gasteiger partial charge on any atom is 0.326 e. The highest BCUT2D eigenvalue weighted by molar-refractivity contribution is 8.00. The first-order chi connectivity index (χ1) is 19.8. The molecule has 0 saturated heterocycles. The summed E-state index contributed by atoms with van der Waals surface area (Å²) in [6, 6.07) is 27.2. The number of carbonyl (C=O) groups excluding carboxylic acids is 2. The van der Waals surface area contributed by atoms with E-state index in [1.807, 2.05) is 96.2 Å². The second kappa shape index (κ2) is 14.1. The highest BCUT2D eigenvalue weighted by Gasteiger charge is 2.24. The fraction of sp³-hybridized carbons (Fsp3) is 0.250. The third-order valence-electron chi connectivity index (χ3n) is 6.75. The number of halogens is 1. The lowest BCUT2D eigenvalue weighted by atomic mass is 10.0. The summed E-state index contributed by atoms with van der Waals surface area (Å²) in [6.45, 7) is 2.53. The Morgan fingerprint density at radius 2 is 1.41 bits per heavy atom. The van der Waals surface area contributed by atoms with Gasteiger partial charge in [0.1, 0.15) is 12.3 Å². The first-order valence-electron chi connectivity index (χ1n) is 13.1. The van der Waals surface area contributed by atoms with Crippen molar-refractivity contribution in [2.75, 3.05) is 37.1 Å². The number of rotatable bonds is 12. The molecule has 0 unspecified atom stereocenters. The smallest absolute Gasteiger partial charge is 0.326 e. The zero-order valence-corrected chi connectivity index (χ0v) is 25.1. The quantitative estimate of drug-likeness (QED) is 0.127. The molecular formula is C32H33ClN2O5S. The van der Waals surface area contributed by atoms with Gasteiger partial charge in [-0.25, -0.2) is 0 Å². The molecule has 0 aliphatic heterocycles.